The Morgan fingerprint density at radius 1 is 1.24 bits per heavy atom. The van der Waals surface area contributed by atoms with Crippen LogP contribution in [0.5, 0.6) is 0 Å². The summed E-state index contributed by atoms with van der Waals surface area (Å²) in [6, 6.07) is 12.5. The minimum Gasteiger partial charge on any atom is -0.355 e. The van der Waals surface area contributed by atoms with Crippen molar-refractivity contribution in [2.45, 2.75) is 13.0 Å². The summed E-state index contributed by atoms with van der Waals surface area (Å²) < 4.78 is 2.36. The van der Waals surface area contributed by atoms with Gasteiger partial charge in [0.2, 0.25) is 0 Å². The monoisotopic (exact) mass is 451 g/mol. The normalized spacial score (nSPS) is 12.1. The number of carbonyl (C=O) groups is 1. The van der Waals surface area contributed by atoms with Crippen LogP contribution in [0.1, 0.15) is 28.9 Å². The first kappa shape index (κ1) is 19.1. The maximum absolute atomic E-state index is 13.1. The van der Waals surface area contributed by atoms with Gasteiger partial charge in [-0.05, 0) is 58.2 Å². The van der Waals surface area contributed by atoms with Crippen LogP contribution in [0.25, 0.3) is 22.0 Å². The van der Waals surface area contributed by atoms with Crippen LogP contribution in [-0.4, -0.2) is 32.7 Å². The molecule has 2 aromatic carbocycles. The Balaban J connectivity index is 1.75. The molecule has 0 saturated heterocycles. The van der Waals surface area contributed by atoms with Gasteiger partial charge in [-0.2, -0.15) is 5.10 Å². The Morgan fingerprint density at radius 3 is 2.79 bits per heavy atom. The highest BCUT2D eigenvalue weighted by Crippen LogP contribution is 2.28. The molecular formula is C21H18BrN5O2. The van der Waals surface area contributed by atoms with Crippen molar-refractivity contribution in [3.8, 4) is 11.1 Å². The highest BCUT2D eigenvalue weighted by molar-refractivity contribution is 9.10. The Kier molecular flexibility index (Phi) is 5.02. The second-order valence-electron chi connectivity index (χ2n) is 6.67. The third-order valence-corrected chi connectivity index (χ3v) is 5.57. The molecule has 4 aromatic rings. The SMILES string of the molecule is CNC(=O)c1cccc(C(C)n2cnc3cc(-c4cn[nH]c4Br)ccc3c2=O)c1. The number of aromatic amines is 1. The second-order valence-corrected chi connectivity index (χ2v) is 7.46. The van der Waals surface area contributed by atoms with Crippen molar-refractivity contribution >= 4 is 32.7 Å². The van der Waals surface area contributed by atoms with Crippen molar-refractivity contribution in [3.63, 3.8) is 0 Å². The second kappa shape index (κ2) is 7.63. The zero-order valence-corrected chi connectivity index (χ0v) is 17.4. The number of benzene rings is 2. The topological polar surface area (TPSA) is 92.7 Å². The number of nitrogens with zero attached hydrogens (tertiary/aromatic N) is 3. The number of nitrogens with one attached hydrogen (secondary N) is 2. The number of hydrogen-bond acceptors (Lipinski definition) is 4. The van der Waals surface area contributed by atoms with E-state index in [1.54, 1.807) is 42.3 Å². The lowest BCUT2D eigenvalue weighted by Crippen LogP contribution is -2.25. The quantitative estimate of drug-likeness (QED) is 0.496. The standard InChI is InChI=1S/C21H18BrN5O2/c1-12(13-4-3-5-15(8-13)20(28)23-2)27-11-24-18-9-14(6-7-16(18)21(27)29)17-10-25-26-19(17)22/h3-12H,1-2H3,(H,23,28)(H,25,26). The van der Waals surface area contributed by atoms with E-state index in [2.05, 4.69) is 36.4 Å². The first-order valence-corrected chi connectivity index (χ1v) is 9.81. The number of H-pyrrole nitrogens is 1. The lowest BCUT2D eigenvalue weighted by molar-refractivity contribution is 0.0963. The van der Waals surface area contributed by atoms with Crippen LogP contribution in [0.3, 0.4) is 0 Å². The highest BCUT2D eigenvalue weighted by Gasteiger charge is 2.15. The summed E-state index contributed by atoms with van der Waals surface area (Å²) in [4.78, 5) is 29.5. The number of fused-ring (bicyclic) bond motifs is 1. The van der Waals surface area contributed by atoms with Crippen molar-refractivity contribution in [1.29, 1.82) is 0 Å². The molecule has 8 heteroatoms. The van der Waals surface area contributed by atoms with Crippen LogP contribution in [-0.2, 0) is 0 Å². The Labute approximate surface area is 174 Å². The molecule has 0 aliphatic heterocycles. The van der Waals surface area contributed by atoms with E-state index in [1.165, 1.54) is 0 Å². The molecule has 0 aliphatic carbocycles. The van der Waals surface area contributed by atoms with Crippen molar-refractivity contribution in [3.05, 3.63) is 81.1 Å². The zero-order valence-electron chi connectivity index (χ0n) is 15.8. The largest absolute Gasteiger partial charge is 0.355 e. The molecule has 2 N–H and O–H groups in total. The molecule has 29 heavy (non-hydrogen) atoms. The average molecular weight is 452 g/mol. The van der Waals surface area contributed by atoms with Gasteiger partial charge in [-0.25, -0.2) is 4.98 Å². The van der Waals surface area contributed by atoms with E-state index in [0.717, 1.165) is 21.3 Å². The summed E-state index contributed by atoms with van der Waals surface area (Å²) in [7, 11) is 1.59. The van der Waals surface area contributed by atoms with Gasteiger partial charge in [0, 0.05) is 18.2 Å². The van der Waals surface area contributed by atoms with E-state index in [-0.39, 0.29) is 17.5 Å². The van der Waals surface area contributed by atoms with Gasteiger partial charge in [-0.15, -0.1) is 0 Å². The third-order valence-electron chi connectivity index (χ3n) is 4.96. The van der Waals surface area contributed by atoms with Crippen LogP contribution in [0.2, 0.25) is 0 Å². The number of halogens is 1. The van der Waals surface area contributed by atoms with E-state index >= 15 is 0 Å². The van der Waals surface area contributed by atoms with Gasteiger partial charge in [0.05, 0.1) is 29.5 Å². The summed E-state index contributed by atoms with van der Waals surface area (Å²) in [5.74, 6) is -0.166. The van der Waals surface area contributed by atoms with Crippen LogP contribution in [0.15, 0.2) is 64.4 Å². The van der Waals surface area contributed by atoms with Crippen LogP contribution in [0.4, 0.5) is 0 Å². The van der Waals surface area contributed by atoms with Crippen molar-refractivity contribution in [2.75, 3.05) is 7.05 Å². The van der Waals surface area contributed by atoms with Gasteiger partial charge < -0.3 is 5.32 Å². The summed E-state index contributed by atoms with van der Waals surface area (Å²) in [6.45, 7) is 1.91. The fraction of sp³-hybridized carbons (Fsp3) is 0.143. The van der Waals surface area contributed by atoms with Crippen molar-refractivity contribution < 1.29 is 4.79 Å². The van der Waals surface area contributed by atoms with Gasteiger partial charge in [0.15, 0.2) is 0 Å². The molecule has 2 aromatic heterocycles. The van der Waals surface area contributed by atoms with E-state index in [4.69, 9.17) is 0 Å². The lowest BCUT2D eigenvalue weighted by Gasteiger charge is -2.16. The van der Waals surface area contributed by atoms with E-state index in [1.807, 2.05) is 31.2 Å². The first-order valence-electron chi connectivity index (χ1n) is 9.01. The molecule has 0 fully saturated rings. The minimum absolute atomic E-state index is 0.134. The van der Waals surface area contributed by atoms with E-state index in [9.17, 15) is 9.59 Å². The number of aromatic nitrogens is 4. The van der Waals surface area contributed by atoms with Gasteiger partial charge in [0.1, 0.15) is 4.60 Å². The predicted molar refractivity (Wildman–Crippen MR) is 115 cm³/mol. The molecule has 1 amide bonds. The van der Waals surface area contributed by atoms with Gasteiger partial charge in [-0.1, -0.05) is 18.2 Å². The Bertz CT molecular complexity index is 1280. The molecule has 1 atom stereocenters. The molecule has 0 bridgehead atoms. The highest BCUT2D eigenvalue weighted by atomic mass is 79.9. The maximum Gasteiger partial charge on any atom is 0.261 e. The third kappa shape index (κ3) is 3.47. The van der Waals surface area contributed by atoms with Crippen LogP contribution >= 0.6 is 15.9 Å². The summed E-state index contributed by atoms with van der Waals surface area (Å²) in [6.07, 6.45) is 3.27. The fourth-order valence-corrected chi connectivity index (χ4v) is 3.73. The Morgan fingerprint density at radius 2 is 2.07 bits per heavy atom. The molecule has 2 heterocycles. The van der Waals surface area contributed by atoms with Crippen molar-refractivity contribution in [1.82, 2.24) is 25.1 Å². The number of carbonyl (C=O) groups excluding carboxylic acids is 1. The van der Waals surface area contributed by atoms with E-state index in [0.29, 0.717) is 16.5 Å². The summed E-state index contributed by atoms with van der Waals surface area (Å²) >= 11 is 3.43. The average Bonchev–Trinajstić information content (AvgIpc) is 3.18. The zero-order chi connectivity index (χ0) is 20.5. The number of hydrogen-bond donors (Lipinski definition) is 2. The molecule has 0 radical (unpaired) electrons. The predicted octanol–water partition coefficient (Wildman–Crippen LogP) is 3.52. The van der Waals surface area contributed by atoms with Crippen LogP contribution in [0, 0.1) is 0 Å². The molecule has 1 unspecified atom stereocenters. The molecule has 0 saturated carbocycles. The maximum atomic E-state index is 13.1. The van der Waals surface area contributed by atoms with E-state index < -0.39 is 0 Å². The smallest absolute Gasteiger partial charge is 0.261 e. The van der Waals surface area contributed by atoms with Gasteiger partial charge in [0.25, 0.3) is 11.5 Å². The van der Waals surface area contributed by atoms with Gasteiger partial charge in [-0.3, -0.25) is 19.3 Å². The molecule has 7 nitrogen and oxygen atoms in total. The Hall–Kier alpha value is -3.26. The van der Waals surface area contributed by atoms with Crippen LogP contribution < -0.4 is 10.9 Å². The molecule has 146 valence electrons. The number of rotatable bonds is 4. The van der Waals surface area contributed by atoms with Gasteiger partial charge >= 0.3 is 0 Å². The number of amides is 1. The lowest BCUT2D eigenvalue weighted by atomic mass is 10.0. The fourth-order valence-electron chi connectivity index (χ4n) is 3.30. The first-order chi connectivity index (χ1) is 14.0. The van der Waals surface area contributed by atoms with Crippen molar-refractivity contribution in [2.24, 2.45) is 0 Å². The summed E-state index contributed by atoms with van der Waals surface area (Å²) in [5, 5.41) is 9.99. The summed E-state index contributed by atoms with van der Waals surface area (Å²) in [5.41, 5.74) is 3.70. The molecule has 0 aliphatic rings. The molecular weight excluding hydrogens is 434 g/mol. The molecule has 0 spiro atoms. The minimum atomic E-state index is -0.272. The molecule has 4 rings (SSSR count).